The molecule has 41 heavy (non-hydrogen) atoms. The van der Waals surface area contributed by atoms with Crippen LogP contribution >= 0.6 is 0 Å². The van der Waals surface area contributed by atoms with Crippen molar-refractivity contribution in [3.8, 4) is 11.8 Å². The average Bonchev–Trinajstić information content (AvgIpc) is 3.46. The minimum atomic E-state index is -0.382. The lowest BCUT2D eigenvalue weighted by atomic mass is 9.80. The fourth-order valence-electron chi connectivity index (χ4n) is 6.95. The lowest BCUT2D eigenvalue weighted by molar-refractivity contribution is -0.142. The third-order valence-electron chi connectivity index (χ3n) is 8.46. The smallest absolute Gasteiger partial charge is 0.303 e. The zero-order valence-electron chi connectivity index (χ0n) is 22.6. The molecule has 1 aliphatic rings. The quantitative estimate of drug-likeness (QED) is 0.101. The molecule has 0 atom stereocenters. The molecule has 1 aliphatic heterocycles. The highest BCUT2D eigenvalue weighted by Crippen LogP contribution is 2.50. The molecule has 5 nitrogen and oxygen atoms in total. The van der Waals surface area contributed by atoms with Crippen LogP contribution in [0, 0.1) is 11.8 Å². The molecule has 0 bridgehead atoms. The highest BCUT2D eigenvalue weighted by molar-refractivity contribution is 6.45. The molecule has 7 aromatic carbocycles. The lowest BCUT2D eigenvalue weighted by Crippen LogP contribution is -2.06. The summed E-state index contributed by atoms with van der Waals surface area (Å²) in [4.78, 5) is 23.5. The van der Waals surface area contributed by atoms with Gasteiger partial charge in [-0.05, 0) is 75.8 Å². The number of ether oxygens (including phenoxy) is 3. The van der Waals surface area contributed by atoms with E-state index < -0.39 is 0 Å². The SMILES string of the molecule is CC(=O)OCC#Cc1c2c(c3c4ccc5cccc6c7cccc8ccc(c3c1COC(C)=O)c(c87)c4c56)COC2. The largest absolute Gasteiger partial charge is 0.461 e. The summed E-state index contributed by atoms with van der Waals surface area (Å²) in [5, 5.41) is 14.3. The van der Waals surface area contributed by atoms with Crippen molar-refractivity contribution in [2.24, 2.45) is 0 Å². The molecule has 1 heterocycles. The van der Waals surface area contributed by atoms with Crippen molar-refractivity contribution in [1.82, 2.24) is 0 Å². The average molecular weight is 537 g/mol. The van der Waals surface area contributed by atoms with E-state index in [9.17, 15) is 9.59 Å². The van der Waals surface area contributed by atoms with E-state index in [1.165, 1.54) is 62.3 Å². The van der Waals surface area contributed by atoms with Gasteiger partial charge in [0.1, 0.15) is 6.61 Å². The number of esters is 2. The van der Waals surface area contributed by atoms with Gasteiger partial charge >= 0.3 is 11.9 Å². The third kappa shape index (κ3) is 3.35. The van der Waals surface area contributed by atoms with E-state index in [2.05, 4.69) is 72.5 Å². The number of carbonyl (C=O) groups is 2. The Balaban J connectivity index is 1.62. The summed E-state index contributed by atoms with van der Waals surface area (Å²) in [6.45, 7) is 3.73. The van der Waals surface area contributed by atoms with Gasteiger partial charge in [0.2, 0.25) is 0 Å². The second kappa shape index (κ2) is 8.79. The number of hydrogen-bond donors (Lipinski definition) is 0. The molecular formula is C36H24O5. The molecule has 0 radical (unpaired) electrons. The van der Waals surface area contributed by atoms with E-state index in [0.717, 1.165) is 38.4 Å². The minimum Gasteiger partial charge on any atom is -0.461 e. The summed E-state index contributed by atoms with van der Waals surface area (Å²) in [5.74, 6) is 5.55. The first-order valence-corrected chi connectivity index (χ1v) is 13.7. The summed E-state index contributed by atoms with van der Waals surface area (Å²) < 4.78 is 16.8. The van der Waals surface area contributed by atoms with E-state index in [1.54, 1.807) is 0 Å². The topological polar surface area (TPSA) is 61.8 Å². The van der Waals surface area contributed by atoms with E-state index >= 15 is 0 Å². The molecule has 5 heteroatoms. The van der Waals surface area contributed by atoms with Gasteiger partial charge in [-0.2, -0.15) is 0 Å². The number of fused-ring (bicyclic) bond motifs is 6. The van der Waals surface area contributed by atoms with Crippen LogP contribution in [0.25, 0.3) is 64.6 Å². The van der Waals surface area contributed by atoms with Gasteiger partial charge in [0, 0.05) is 25.0 Å². The molecule has 8 rings (SSSR count). The fourth-order valence-corrected chi connectivity index (χ4v) is 6.95. The normalized spacial score (nSPS) is 13.0. The van der Waals surface area contributed by atoms with Crippen LogP contribution in [-0.2, 0) is 43.6 Å². The summed E-state index contributed by atoms with van der Waals surface area (Å²) in [6, 6.07) is 21.9. The molecule has 0 aromatic heterocycles. The van der Waals surface area contributed by atoms with Crippen molar-refractivity contribution in [1.29, 1.82) is 0 Å². The number of carbonyl (C=O) groups excluding carboxylic acids is 2. The van der Waals surface area contributed by atoms with Crippen molar-refractivity contribution in [2.45, 2.75) is 33.7 Å². The van der Waals surface area contributed by atoms with Gasteiger partial charge in [0.05, 0.1) is 13.2 Å². The highest BCUT2D eigenvalue weighted by Gasteiger charge is 2.28. The van der Waals surface area contributed by atoms with E-state index in [4.69, 9.17) is 14.2 Å². The molecule has 0 aliphatic carbocycles. The van der Waals surface area contributed by atoms with Crippen molar-refractivity contribution in [3.05, 3.63) is 82.9 Å². The summed E-state index contributed by atoms with van der Waals surface area (Å²) >= 11 is 0. The van der Waals surface area contributed by atoms with Crippen LogP contribution in [0.15, 0.2) is 60.7 Å². The molecular weight excluding hydrogens is 512 g/mol. The number of benzene rings is 7. The molecule has 0 saturated heterocycles. The Bertz CT molecular complexity index is 2300. The van der Waals surface area contributed by atoms with Gasteiger partial charge in [0.25, 0.3) is 0 Å². The van der Waals surface area contributed by atoms with Gasteiger partial charge in [-0.25, -0.2) is 0 Å². The first-order valence-electron chi connectivity index (χ1n) is 13.7. The van der Waals surface area contributed by atoms with Crippen LogP contribution in [0.5, 0.6) is 0 Å². The molecule has 0 fully saturated rings. The predicted octanol–water partition coefficient (Wildman–Crippen LogP) is 7.49. The monoisotopic (exact) mass is 536 g/mol. The van der Waals surface area contributed by atoms with Crippen molar-refractivity contribution in [2.75, 3.05) is 6.61 Å². The van der Waals surface area contributed by atoms with E-state index in [1.807, 2.05) is 0 Å². The first-order chi connectivity index (χ1) is 20.0. The standard InChI is InChI=1S/C36H24O5/c1-19(37)40-15-5-10-23-28-16-39-17-29(28)33-26-13-11-21-6-3-8-24-25-9-4-7-22-12-14-27(34(33)30(23)18-41-20(2)38)36(32(22)25)35(26)31(21)24/h3-4,6-9,11-14H,15-18H2,1-2H3. The maximum atomic E-state index is 12.1. The molecule has 0 saturated carbocycles. The van der Waals surface area contributed by atoms with Crippen molar-refractivity contribution >= 4 is 76.6 Å². The number of rotatable bonds is 3. The van der Waals surface area contributed by atoms with Crippen LogP contribution in [0.2, 0.25) is 0 Å². The minimum absolute atomic E-state index is 0.0166. The summed E-state index contributed by atoms with van der Waals surface area (Å²) in [6.07, 6.45) is 0. The summed E-state index contributed by atoms with van der Waals surface area (Å²) in [5.41, 5.74) is 3.75. The van der Waals surface area contributed by atoms with Gasteiger partial charge in [-0.15, -0.1) is 0 Å². The maximum Gasteiger partial charge on any atom is 0.303 e. The van der Waals surface area contributed by atoms with Crippen LogP contribution < -0.4 is 0 Å². The molecule has 0 spiro atoms. The fraction of sp³-hybridized carbons (Fsp3) is 0.167. The molecule has 0 N–H and O–H groups in total. The first kappa shape index (κ1) is 23.9. The third-order valence-corrected chi connectivity index (χ3v) is 8.46. The predicted molar refractivity (Wildman–Crippen MR) is 161 cm³/mol. The highest BCUT2D eigenvalue weighted by atomic mass is 16.5. The summed E-state index contributed by atoms with van der Waals surface area (Å²) in [7, 11) is 0. The van der Waals surface area contributed by atoms with E-state index in [-0.39, 0.29) is 25.2 Å². The maximum absolute atomic E-state index is 12.1. The Morgan fingerprint density at radius 2 is 1.29 bits per heavy atom. The molecule has 7 aromatic rings. The van der Waals surface area contributed by atoms with Gasteiger partial charge in [-0.1, -0.05) is 72.5 Å². The zero-order valence-corrected chi connectivity index (χ0v) is 22.6. The zero-order chi connectivity index (χ0) is 27.8. The Morgan fingerprint density at radius 1 is 0.683 bits per heavy atom. The Hall–Kier alpha value is -4.92. The van der Waals surface area contributed by atoms with Gasteiger partial charge in [-0.3, -0.25) is 9.59 Å². The van der Waals surface area contributed by atoms with Crippen molar-refractivity contribution < 1.29 is 23.8 Å². The molecule has 0 unspecified atom stereocenters. The van der Waals surface area contributed by atoms with Gasteiger partial charge < -0.3 is 14.2 Å². The second-order valence-electron chi connectivity index (χ2n) is 10.7. The Kier molecular flexibility index (Phi) is 5.13. The van der Waals surface area contributed by atoms with Crippen molar-refractivity contribution in [3.63, 3.8) is 0 Å². The van der Waals surface area contributed by atoms with Gasteiger partial charge in [0.15, 0.2) is 6.61 Å². The Morgan fingerprint density at radius 3 is 1.93 bits per heavy atom. The molecule has 198 valence electrons. The molecule has 0 amide bonds. The van der Waals surface area contributed by atoms with Crippen LogP contribution in [0.1, 0.15) is 36.1 Å². The lowest BCUT2D eigenvalue weighted by Gasteiger charge is -2.23. The number of hydrogen-bond acceptors (Lipinski definition) is 5. The van der Waals surface area contributed by atoms with E-state index in [0.29, 0.717) is 13.2 Å². The van der Waals surface area contributed by atoms with Crippen LogP contribution in [0.4, 0.5) is 0 Å². The second-order valence-corrected chi connectivity index (χ2v) is 10.7. The van der Waals surface area contributed by atoms with Crippen LogP contribution in [-0.4, -0.2) is 18.5 Å². The Labute approximate surface area is 235 Å². The van der Waals surface area contributed by atoms with Crippen LogP contribution in [0.3, 0.4) is 0 Å².